The molecule has 1 aliphatic rings. The molecule has 3 rings (SSSR count). The number of amides is 2. The lowest BCUT2D eigenvalue weighted by Crippen LogP contribution is -2.55. The molecule has 0 radical (unpaired) electrons. The van der Waals surface area contributed by atoms with E-state index in [4.69, 9.17) is 4.74 Å². The fourth-order valence-corrected chi connectivity index (χ4v) is 3.91. The average Bonchev–Trinajstić information content (AvgIpc) is 2.81. The van der Waals surface area contributed by atoms with Gasteiger partial charge in [-0.05, 0) is 42.7 Å². The van der Waals surface area contributed by atoms with Crippen LogP contribution >= 0.6 is 11.8 Å². The van der Waals surface area contributed by atoms with E-state index in [9.17, 15) is 9.59 Å². The van der Waals surface area contributed by atoms with Crippen LogP contribution in [0, 0.1) is 0 Å². The summed E-state index contributed by atoms with van der Waals surface area (Å²) in [4.78, 5) is 29.6. The summed E-state index contributed by atoms with van der Waals surface area (Å²) in [6.07, 6.45) is 2.61. The van der Waals surface area contributed by atoms with Crippen molar-refractivity contribution in [1.82, 2.24) is 10.2 Å². The zero-order chi connectivity index (χ0) is 21.2. The number of piperazine rings is 1. The molecule has 1 heterocycles. The first kappa shape index (κ1) is 22.0. The minimum absolute atomic E-state index is 0.00942. The van der Waals surface area contributed by atoms with Gasteiger partial charge in [0, 0.05) is 31.9 Å². The number of thioether (sulfide) groups is 1. The number of ether oxygens (including phenoxy) is 1. The van der Waals surface area contributed by atoms with E-state index in [0.717, 1.165) is 18.8 Å². The van der Waals surface area contributed by atoms with Crippen molar-refractivity contribution in [1.29, 1.82) is 0 Å². The number of para-hydroxylation sites is 2. The largest absolute Gasteiger partial charge is 0.484 e. The molecule has 160 valence electrons. The highest BCUT2D eigenvalue weighted by atomic mass is 32.2. The summed E-state index contributed by atoms with van der Waals surface area (Å²) in [5.41, 5.74) is 1.18. The molecule has 0 aliphatic carbocycles. The molecule has 2 aromatic rings. The highest BCUT2D eigenvalue weighted by Gasteiger charge is 2.28. The van der Waals surface area contributed by atoms with Crippen molar-refractivity contribution in [3.63, 3.8) is 0 Å². The predicted molar refractivity (Wildman–Crippen MR) is 122 cm³/mol. The SMILES string of the molecule is CSCCC(NC(=O)COc1ccccc1)C(=O)N1CCN(c2ccccc2)CC1. The summed E-state index contributed by atoms with van der Waals surface area (Å²) >= 11 is 1.67. The van der Waals surface area contributed by atoms with E-state index >= 15 is 0 Å². The van der Waals surface area contributed by atoms with Crippen molar-refractivity contribution in [2.45, 2.75) is 12.5 Å². The number of carbonyl (C=O) groups is 2. The molecule has 7 heteroatoms. The van der Waals surface area contributed by atoms with Gasteiger partial charge >= 0.3 is 0 Å². The summed E-state index contributed by atoms with van der Waals surface area (Å²) < 4.78 is 5.51. The van der Waals surface area contributed by atoms with Gasteiger partial charge < -0.3 is 19.9 Å². The number of nitrogens with one attached hydrogen (secondary N) is 1. The van der Waals surface area contributed by atoms with Crippen molar-refractivity contribution in [3.05, 3.63) is 60.7 Å². The first-order valence-electron chi connectivity index (χ1n) is 10.2. The van der Waals surface area contributed by atoms with E-state index in [1.807, 2.05) is 47.6 Å². The Hall–Kier alpha value is -2.67. The number of carbonyl (C=O) groups excluding carboxylic acids is 2. The molecule has 2 amide bonds. The summed E-state index contributed by atoms with van der Waals surface area (Å²) in [7, 11) is 0. The van der Waals surface area contributed by atoms with Gasteiger partial charge in [-0.3, -0.25) is 9.59 Å². The zero-order valence-corrected chi connectivity index (χ0v) is 18.1. The third-order valence-electron chi connectivity index (χ3n) is 5.07. The topological polar surface area (TPSA) is 61.9 Å². The third-order valence-corrected chi connectivity index (χ3v) is 5.71. The maximum Gasteiger partial charge on any atom is 0.258 e. The second-order valence-electron chi connectivity index (χ2n) is 7.15. The van der Waals surface area contributed by atoms with E-state index < -0.39 is 6.04 Å². The molecule has 0 saturated carbocycles. The maximum absolute atomic E-state index is 13.1. The number of hydrogen-bond acceptors (Lipinski definition) is 5. The summed E-state index contributed by atoms with van der Waals surface area (Å²) in [5, 5.41) is 2.88. The Morgan fingerprint density at radius 1 is 1.00 bits per heavy atom. The van der Waals surface area contributed by atoms with Gasteiger partial charge in [-0.2, -0.15) is 11.8 Å². The third kappa shape index (κ3) is 6.42. The zero-order valence-electron chi connectivity index (χ0n) is 17.3. The maximum atomic E-state index is 13.1. The minimum Gasteiger partial charge on any atom is -0.484 e. The first-order chi connectivity index (χ1) is 14.7. The van der Waals surface area contributed by atoms with Crippen LogP contribution in [0.2, 0.25) is 0 Å². The average molecular weight is 428 g/mol. The van der Waals surface area contributed by atoms with Gasteiger partial charge in [-0.25, -0.2) is 0 Å². The highest BCUT2D eigenvalue weighted by Crippen LogP contribution is 2.16. The van der Waals surface area contributed by atoms with E-state index in [0.29, 0.717) is 25.3 Å². The van der Waals surface area contributed by atoms with Crippen LogP contribution < -0.4 is 15.0 Å². The Bertz CT molecular complexity index is 796. The molecule has 1 atom stereocenters. The van der Waals surface area contributed by atoms with E-state index in [2.05, 4.69) is 22.3 Å². The number of benzene rings is 2. The second-order valence-corrected chi connectivity index (χ2v) is 8.14. The molecular formula is C23H29N3O3S. The smallest absolute Gasteiger partial charge is 0.258 e. The summed E-state index contributed by atoms with van der Waals surface area (Å²) in [6.45, 7) is 2.78. The standard InChI is InChI=1S/C23H29N3O3S/c1-30-17-12-21(24-22(27)18-29-20-10-6-3-7-11-20)23(28)26-15-13-25(14-16-26)19-8-4-2-5-9-19/h2-11,21H,12-18H2,1H3,(H,24,27). The molecule has 0 spiro atoms. The lowest BCUT2D eigenvalue weighted by molar-refractivity contribution is -0.137. The highest BCUT2D eigenvalue weighted by molar-refractivity contribution is 7.98. The molecule has 1 N–H and O–H groups in total. The molecule has 2 aromatic carbocycles. The number of anilines is 1. The van der Waals surface area contributed by atoms with Crippen LogP contribution in [0.25, 0.3) is 0 Å². The van der Waals surface area contributed by atoms with Crippen molar-refractivity contribution >= 4 is 29.3 Å². The van der Waals surface area contributed by atoms with Gasteiger partial charge in [0.15, 0.2) is 6.61 Å². The van der Waals surface area contributed by atoms with Crippen LogP contribution in [0.3, 0.4) is 0 Å². The Morgan fingerprint density at radius 3 is 2.27 bits per heavy atom. The van der Waals surface area contributed by atoms with Crippen molar-refractivity contribution in [3.8, 4) is 5.75 Å². The lowest BCUT2D eigenvalue weighted by Gasteiger charge is -2.37. The molecule has 1 saturated heterocycles. The van der Waals surface area contributed by atoms with Crippen molar-refractivity contribution < 1.29 is 14.3 Å². The molecule has 0 aromatic heterocycles. The van der Waals surface area contributed by atoms with E-state index in [1.165, 1.54) is 5.69 Å². The van der Waals surface area contributed by atoms with E-state index in [1.54, 1.807) is 23.9 Å². The van der Waals surface area contributed by atoms with Gasteiger partial charge in [0.2, 0.25) is 5.91 Å². The van der Waals surface area contributed by atoms with Gasteiger partial charge in [-0.1, -0.05) is 36.4 Å². The Morgan fingerprint density at radius 2 is 1.63 bits per heavy atom. The van der Waals surface area contributed by atoms with E-state index in [-0.39, 0.29) is 18.4 Å². The predicted octanol–water partition coefficient (Wildman–Crippen LogP) is 2.65. The van der Waals surface area contributed by atoms with Crippen LogP contribution in [0.15, 0.2) is 60.7 Å². The van der Waals surface area contributed by atoms with Crippen LogP contribution in [0.5, 0.6) is 5.75 Å². The van der Waals surface area contributed by atoms with Gasteiger partial charge in [0.1, 0.15) is 11.8 Å². The van der Waals surface area contributed by atoms with Gasteiger partial charge in [-0.15, -0.1) is 0 Å². The molecular weight excluding hydrogens is 398 g/mol. The lowest BCUT2D eigenvalue weighted by atomic mass is 10.1. The number of hydrogen-bond donors (Lipinski definition) is 1. The molecule has 0 bridgehead atoms. The van der Waals surface area contributed by atoms with Crippen molar-refractivity contribution in [2.24, 2.45) is 0 Å². The van der Waals surface area contributed by atoms with Crippen LogP contribution in [-0.2, 0) is 9.59 Å². The Kier molecular flexibility index (Phi) is 8.44. The molecule has 1 aliphatic heterocycles. The second kappa shape index (κ2) is 11.5. The number of rotatable bonds is 9. The fourth-order valence-electron chi connectivity index (χ4n) is 3.44. The van der Waals surface area contributed by atoms with Crippen LogP contribution in [0.4, 0.5) is 5.69 Å². The van der Waals surface area contributed by atoms with Crippen molar-refractivity contribution in [2.75, 3.05) is 49.7 Å². The van der Waals surface area contributed by atoms with Crippen LogP contribution in [0.1, 0.15) is 6.42 Å². The molecule has 30 heavy (non-hydrogen) atoms. The Balaban J connectivity index is 1.52. The quantitative estimate of drug-likeness (QED) is 0.667. The number of nitrogens with zero attached hydrogens (tertiary/aromatic N) is 2. The molecule has 6 nitrogen and oxygen atoms in total. The van der Waals surface area contributed by atoms with Gasteiger partial charge in [0.05, 0.1) is 0 Å². The monoisotopic (exact) mass is 427 g/mol. The first-order valence-corrected chi connectivity index (χ1v) is 11.6. The minimum atomic E-state index is -0.521. The summed E-state index contributed by atoms with van der Waals surface area (Å²) in [6, 6.07) is 18.9. The van der Waals surface area contributed by atoms with Gasteiger partial charge in [0.25, 0.3) is 5.91 Å². The normalized spacial score (nSPS) is 14.8. The van der Waals surface area contributed by atoms with Crippen LogP contribution in [-0.4, -0.2) is 67.6 Å². The molecule has 1 fully saturated rings. The Labute approximate surface area is 182 Å². The summed E-state index contributed by atoms with van der Waals surface area (Å²) in [5.74, 6) is 1.16. The fraction of sp³-hybridized carbons (Fsp3) is 0.391. The molecule has 1 unspecified atom stereocenters.